The van der Waals surface area contributed by atoms with E-state index in [4.69, 9.17) is 9.47 Å². The third kappa shape index (κ3) is 4.42. The number of morpholine rings is 1. The van der Waals surface area contributed by atoms with Crippen molar-refractivity contribution < 1.29 is 27.8 Å². The number of rotatable bonds is 5. The Kier molecular flexibility index (Phi) is 5.93. The summed E-state index contributed by atoms with van der Waals surface area (Å²) in [6.45, 7) is 0.587. The average molecular weight is 367 g/mol. The molecule has 0 aromatic heterocycles. The van der Waals surface area contributed by atoms with Crippen LogP contribution < -0.4 is 5.32 Å². The molecule has 2 N–H and O–H groups in total. The molecule has 3 unspecified atom stereocenters. The minimum absolute atomic E-state index is 0.253. The van der Waals surface area contributed by atoms with E-state index in [0.29, 0.717) is 13.2 Å². The zero-order valence-electron chi connectivity index (χ0n) is 13.9. The Balaban J connectivity index is 1.80. The van der Waals surface area contributed by atoms with E-state index >= 15 is 0 Å². The van der Waals surface area contributed by atoms with Crippen LogP contribution in [0.5, 0.6) is 0 Å². The summed E-state index contributed by atoms with van der Waals surface area (Å²) in [5, 5.41) is 13.0. The first kappa shape index (κ1) is 18.8. The van der Waals surface area contributed by atoms with Gasteiger partial charge in [-0.3, -0.25) is 0 Å². The van der Waals surface area contributed by atoms with Gasteiger partial charge in [0.25, 0.3) is 0 Å². The molecule has 0 aliphatic carbocycles. The fourth-order valence-corrected chi connectivity index (χ4v) is 2.94. The lowest BCUT2D eigenvalue weighted by atomic mass is 10.0. The molecular weight excluding hydrogens is 347 g/mol. The first-order chi connectivity index (χ1) is 12.5. The predicted octanol–water partition coefficient (Wildman–Crippen LogP) is 3.44. The molecule has 26 heavy (non-hydrogen) atoms. The van der Waals surface area contributed by atoms with Crippen molar-refractivity contribution >= 4 is 0 Å². The number of halogens is 3. The number of benzene rings is 2. The van der Waals surface area contributed by atoms with Crippen LogP contribution >= 0.6 is 0 Å². The van der Waals surface area contributed by atoms with Gasteiger partial charge in [0.1, 0.15) is 6.10 Å². The second kappa shape index (κ2) is 8.18. The molecule has 4 nitrogen and oxygen atoms in total. The zero-order chi connectivity index (χ0) is 18.6. The van der Waals surface area contributed by atoms with Crippen LogP contribution in [0.2, 0.25) is 0 Å². The standard InChI is InChI=1S/C19H20F3NO3/c20-19(21,22)15-8-4-7-14(11-15)16(12-24)26-18-17(23-9-10-25-18)13-5-2-1-3-6-13/h1-8,11,16-18,23-24H,9-10,12H2. The monoisotopic (exact) mass is 367 g/mol. The Morgan fingerprint density at radius 2 is 1.92 bits per heavy atom. The minimum Gasteiger partial charge on any atom is -0.393 e. The summed E-state index contributed by atoms with van der Waals surface area (Å²) in [7, 11) is 0. The predicted molar refractivity (Wildman–Crippen MR) is 89.3 cm³/mol. The van der Waals surface area contributed by atoms with Crippen LogP contribution in [-0.2, 0) is 15.7 Å². The van der Waals surface area contributed by atoms with Gasteiger partial charge in [0.15, 0.2) is 6.29 Å². The molecule has 1 aliphatic rings. The van der Waals surface area contributed by atoms with Gasteiger partial charge in [-0.15, -0.1) is 0 Å². The number of ether oxygens (including phenoxy) is 2. The van der Waals surface area contributed by atoms with Gasteiger partial charge in [-0.25, -0.2) is 0 Å². The highest BCUT2D eigenvalue weighted by molar-refractivity contribution is 5.27. The maximum Gasteiger partial charge on any atom is 0.416 e. The largest absolute Gasteiger partial charge is 0.416 e. The van der Waals surface area contributed by atoms with Gasteiger partial charge in [0.05, 0.1) is 24.8 Å². The molecule has 1 heterocycles. The molecule has 2 aromatic carbocycles. The average Bonchev–Trinajstić information content (AvgIpc) is 2.66. The highest BCUT2D eigenvalue weighted by Crippen LogP contribution is 2.33. The van der Waals surface area contributed by atoms with Gasteiger partial charge in [0, 0.05) is 6.54 Å². The zero-order valence-corrected chi connectivity index (χ0v) is 13.9. The smallest absolute Gasteiger partial charge is 0.393 e. The van der Waals surface area contributed by atoms with Crippen LogP contribution in [-0.4, -0.2) is 31.2 Å². The molecule has 7 heteroatoms. The van der Waals surface area contributed by atoms with Crippen LogP contribution in [0.1, 0.15) is 28.8 Å². The summed E-state index contributed by atoms with van der Waals surface area (Å²) >= 11 is 0. The lowest BCUT2D eigenvalue weighted by Gasteiger charge is -2.35. The molecular formula is C19H20F3NO3. The quantitative estimate of drug-likeness (QED) is 0.850. The van der Waals surface area contributed by atoms with Crippen molar-refractivity contribution in [2.45, 2.75) is 24.6 Å². The summed E-state index contributed by atoms with van der Waals surface area (Å²) < 4.78 is 50.4. The van der Waals surface area contributed by atoms with Crippen LogP contribution in [0.25, 0.3) is 0 Å². The van der Waals surface area contributed by atoms with E-state index in [1.807, 2.05) is 30.3 Å². The molecule has 0 bridgehead atoms. The van der Waals surface area contributed by atoms with Crippen molar-refractivity contribution in [3.05, 3.63) is 71.3 Å². The van der Waals surface area contributed by atoms with Crippen LogP contribution in [0.3, 0.4) is 0 Å². The highest BCUT2D eigenvalue weighted by Gasteiger charge is 2.33. The third-order valence-electron chi connectivity index (χ3n) is 4.23. The number of aliphatic hydroxyl groups excluding tert-OH is 1. The van der Waals surface area contributed by atoms with Crippen LogP contribution in [0.15, 0.2) is 54.6 Å². The molecule has 0 radical (unpaired) electrons. The van der Waals surface area contributed by atoms with Gasteiger partial charge >= 0.3 is 6.18 Å². The van der Waals surface area contributed by atoms with Crippen molar-refractivity contribution in [2.75, 3.05) is 19.8 Å². The Hall–Kier alpha value is -1.93. The molecule has 3 rings (SSSR count). The van der Waals surface area contributed by atoms with E-state index < -0.39 is 30.7 Å². The SMILES string of the molecule is OCC(OC1OCCNC1c1ccccc1)c1cccc(C(F)(F)F)c1. The number of hydrogen-bond acceptors (Lipinski definition) is 4. The van der Waals surface area contributed by atoms with Crippen molar-refractivity contribution in [1.82, 2.24) is 5.32 Å². The van der Waals surface area contributed by atoms with E-state index in [1.165, 1.54) is 12.1 Å². The summed E-state index contributed by atoms with van der Waals surface area (Å²) in [4.78, 5) is 0. The number of nitrogens with one attached hydrogen (secondary N) is 1. The fraction of sp³-hybridized carbons (Fsp3) is 0.368. The molecule has 140 valence electrons. The molecule has 1 aliphatic heterocycles. The van der Waals surface area contributed by atoms with Crippen LogP contribution in [0, 0.1) is 0 Å². The Morgan fingerprint density at radius 1 is 1.15 bits per heavy atom. The lowest BCUT2D eigenvalue weighted by Crippen LogP contribution is -2.44. The van der Waals surface area contributed by atoms with Gasteiger partial charge < -0.3 is 19.9 Å². The minimum atomic E-state index is -4.45. The van der Waals surface area contributed by atoms with Gasteiger partial charge in [-0.05, 0) is 23.3 Å². The molecule has 0 spiro atoms. The molecule has 1 saturated heterocycles. The summed E-state index contributed by atoms with van der Waals surface area (Å²) in [5.41, 5.74) is 0.417. The number of aliphatic hydroxyl groups is 1. The normalized spacial score (nSPS) is 22.2. The van der Waals surface area contributed by atoms with E-state index in [2.05, 4.69) is 5.32 Å². The topological polar surface area (TPSA) is 50.7 Å². The maximum atomic E-state index is 12.9. The summed E-state index contributed by atoms with van der Waals surface area (Å²) in [6, 6.07) is 14.0. The fourth-order valence-electron chi connectivity index (χ4n) is 2.94. The first-order valence-electron chi connectivity index (χ1n) is 8.32. The van der Waals surface area contributed by atoms with Crippen molar-refractivity contribution in [2.24, 2.45) is 0 Å². The Labute approximate surface area is 149 Å². The van der Waals surface area contributed by atoms with Gasteiger partial charge in [-0.1, -0.05) is 42.5 Å². The molecule has 3 atom stereocenters. The van der Waals surface area contributed by atoms with E-state index in [9.17, 15) is 18.3 Å². The van der Waals surface area contributed by atoms with Crippen molar-refractivity contribution in [1.29, 1.82) is 0 Å². The Morgan fingerprint density at radius 3 is 2.62 bits per heavy atom. The maximum absolute atomic E-state index is 12.9. The van der Waals surface area contributed by atoms with E-state index in [1.54, 1.807) is 0 Å². The van der Waals surface area contributed by atoms with Crippen molar-refractivity contribution in [3.63, 3.8) is 0 Å². The third-order valence-corrected chi connectivity index (χ3v) is 4.23. The second-order valence-electron chi connectivity index (χ2n) is 6.01. The lowest BCUT2D eigenvalue weighted by molar-refractivity contribution is -0.209. The molecule has 0 amide bonds. The number of hydrogen-bond donors (Lipinski definition) is 2. The second-order valence-corrected chi connectivity index (χ2v) is 6.01. The van der Waals surface area contributed by atoms with Crippen molar-refractivity contribution in [3.8, 4) is 0 Å². The van der Waals surface area contributed by atoms with Gasteiger partial charge in [-0.2, -0.15) is 13.2 Å². The Bertz CT molecular complexity index is 709. The summed E-state index contributed by atoms with van der Waals surface area (Å²) in [5.74, 6) is 0. The molecule has 0 saturated carbocycles. The van der Waals surface area contributed by atoms with E-state index in [-0.39, 0.29) is 11.6 Å². The molecule has 2 aromatic rings. The van der Waals surface area contributed by atoms with E-state index in [0.717, 1.165) is 17.7 Å². The molecule has 1 fully saturated rings. The highest BCUT2D eigenvalue weighted by atomic mass is 19.4. The number of alkyl halides is 3. The van der Waals surface area contributed by atoms with Gasteiger partial charge in [0.2, 0.25) is 0 Å². The van der Waals surface area contributed by atoms with Crippen LogP contribution in [0.4, 0.5) is 13.2 Å². The summed E-state index contributed by atoms with van der Waals surface area (Å²) in [6.07, 6.45) is -6.10. The first-order valence-corrected chi connectivity index (χ1v) is 8.32.